The minimum absolute atomic E-state index is 0.255. The molecule has 3 atom stereocenters. The van der Waals surface area contributed by atoms with Gasteiger partial charge in [0.1, 0.15) is 0 Å². The molecule has 76 valence electrons. The maximum Gasteiger partial charge on any atom is 0.304 e. The van der Waals surface area contributed by atoms with E-state index in [9.17, 15) is 4.79 Å². The molecule has 0 aromatic rings. The Morgan fingerprint density at radius 3 is 2.69 bits per heavy atom. The van der Waals surface area contributed by atoms with Crippen molar-refractivity contribution >= 4 is 5.97 Å². The summed E-state index contributed by atoms with van der Waals surface area (Å²) < 4.78 is 5.20. The molecule has 0 radical (unpaired) electrons. The smallest absolute Gasteiger partial charge is 0.304 e. The fourth-order valence-corrected chi connectivity index (χ4v) is 2.07. The molecule has 3 unspecified atom stereocenters. The highest BCUT2D eigenvalue weighted by molar-refractivity contribution is 5.66. The third kappa shape index (κ3) is 2.21. The van der Waals surface area contributed by atoms with Crippen LogP contribution in [0.25, 0.3) is 0 Å². The molecule has 0 bridgehead atoms. The number of rotatable bonds is 1. The third-order valence-electron chi connectivity index (χ3n) is 3.19. The van der Waals surface area contributed by atoms with Crippen LogP contribution in [0.2, 0.25) is 0 Å². The number of hydrogen-bond acceptors (Lipinski definition) is 3. The van der Waals surface area contributed by atoms with Gasteiger partial charge < -0.3 is 4.74 Å². The Hall–Kier alpha value is -0.570. The summed E-state index contributed by atoms with van der Waals surface area (Å²) in [5, 5.41) is 0. The highest BCUT2D eigenvalue weighted by Crippen LogP contribution is 2.36. The van der Waals surface area contributed by atoms with Crippen LogP contribution in [0.15, 0.2) is 0 Å². The third-order valence-corrected chi connectivity index (χ3v) is 3.19. The average Bonchev–Trinajstić information content (AvgIpc) is 1.99. The van der Waals surface area contributed by atoms with Gasteiger partial charge in [-0.05, 0) is 12.3 Å². The van der Waals surface area contributed by atoms with Crippen molar-refractivity contribution in [2.24, 2.45) is 17.6 Å². The van der Waals surface area contributed by atoms with E-state index in [-0.39, 0.29) is 11.9 Å². The molecule has 1 rings (SSSR count). The van der Waals surface area contributed by atoms with E-state index in [1.165, 1.54) is 13.3 Å². The molecule has 3 heteroatoms. The zero-order chi connectivity index (χ0) is 10.1. The number of esters is 1. The molecule has 0 aliphatic heterocycles. The van der Waals surface area contributed by atoms with Crippen LogP contribution in [-0.4, -0.2) is 11.7 Å². The van der Waals surface area contributed by atoms with Gasteiger partial charge in [-0.25, -0.2) is 0 Å². The van der Waals surface area contributed by atoms with E-state index >= 15 is 0 Å². The molecule has 0 amide bonds. The summed E-state index contributed by atoms with van der Waals surface area (Å²) in [6.07, 6.45) is 3.02. The van der Waals surface area contributed by atoms with Crippen molar-refractivity contribution in [3.05, 3.63) is 0 Å². The molecule has 0 spiro atoms. The minimum Gasteiger partial charge on any atom is -0.444 e. The van der Waals surface area contributed by atoms with Crippen molar-refractivity contribution in [3.8, 4) is 0 Å². The van der Waals surface area contributed by atoms with E-state index in [0.29, 0.717) is 5.92 Å². The molecule has 0 aromatic heterocycles. The van der Waals surface area contributed by atoms with Crippen molar-refractivity contribution in [1.29, 1.82) is 0 Å². The van der Waals surface area contributed by atoms with Gasteiger partial charge >= 0.3 is 5.97 Å². The van der Waals surface area contributed by atoms with Gasteiger partial charge in [-0.15, -0.1) is 0 Å². The highest BCUT2D eigenvalue weighted by Gasteiger charge is 2.40. The summed E-state index contributed by atoms with van der Waals surface area (Å²) in [5.74, 6) is 0.520. The molecule has 1 fully saturated rings. The predicted octanol–water partition coefficient (Wildman–Crippen LogP) is 1.66. The van der Waals surface area contributed by atoms with Crippen LogP contribution in [-0.2, 0) is 9.53 Å². The SMILES string of the molecule is CC(=O)OC1(N)CCCC(C)C1C. The van der Waals surface area contributed by atoms with E-state index < -0.39 is 5.72 Å². The first-order chi connectivity index (χ1) is 5.96. The first kappa shape index (κ1) is 10.5. The monoisotopic (exact) mass is 185 g/mol. The second kappa shape index (κ2) is 3.66. The van der Waals surface area contributed by atoms with Gasteiger partial charge in [-0.2, -0.15) is 0 Å². The van der Waals surface area contributed by atoms with Gasteiger partial charge in [0, 0.05) is 19.3 Å². The van der Waals surface area contributed by atoms with Crippen LogP contribution in [0.3, 0.4) is 0 Å². The minimum atomic E-state index is -0.719. The standard InChI is InChI=1S/C10H19NO2/c1-7-5-4-6-10(11,8(7)2)13-9(3)12/h7-8H,4-6,11H2,1-3H3. The summed E-state index contributed by atoms with van der Waals surface area (Å²) in [6, 6.07) is 0. The Balaban J connectivity index is 2.69. The molecule has 0 heterocycles. The van der Waals surface area contributed by atoms with E-state index in [2.05, 4.69) is 13.8 Å². The highest BCUT2D eigenvalue weighted by atomic mass is 16.6. The quantitative estimate of drug-likeness (QED) is 0.499. The van der Waals surface area contributed by atoms with E-state index in [0.717, 1.165) is 12.8 Å². The number of carbonyl (C=O) groups is 1. The zero-order valence-corrected chi connectivity index (χ0v) is 8.67. The molecule has 2 N–H and O–H groups in total. The molecule has 0 saturated heterocycles. The molecular formula is C10H19NO2. The van der Waals surface area contributed by atoms with Crippen LogP contribution >= 0.6 is 0 Å². The summed E-state index contributed by atoms with van der Waals surface area (Å²) in [7, 11) is 0. The first-order valence-electron chi connectivity index (χ1n) is 4.94. The van der Waals surface area contributed by atoms with Crippen LogP contribution in [0.5, 0.6) is 0 Å². The van der Waals surface area contributed by atoms with Gasteiger partial charge in [0.2, 0.25) is 0 Å². The molecule has 13 heavy (non-hydrogen) atoms. The first-order valence-corrected chi connectivity index (χ1v) is 4.94. The lowest BCUT2D eigenvalue weighted by Crippen LogP contribution is -2.53. The largest absolute Gasteiger partial charge is 0.444 e. The lowest BCUT2D eigenvalue weighted by molar-refractivity contribution is -0.169. The van der Waals surface area contributed by atoms with Crippen LogP contribution in [0.4, 0.5) is 0 Å². The Labute approximate surface area is 79.6 Å². The molecular weight excluding hydrogens is 166 g/mol. The fourth-order valence-electron chi connectivity index (χ4n) is 2.07. The van der Waals surface area contributed by atoms with Crippen LogP contribution in [0.1, 0.15) is 40.0 Å². The lowest BCUT2D eigenvalue weighted by Gasteiger charge is -2.41. The normalized spacial score (nSPS) is 40.0. The number of hydrogen-bond donors (Lipinski definition) is 1. The second-order valence-electron chi connectivity index (χ2n) is 4.21. The lowest BCUT2D eigenvalue weighted by atomic mass is 9.75. The van der Waals surface area contributed by atoms with Crippen LogP contribution in [0, 0.1) is 11.8 Å². The van der Waals surface area contributed by atoms with E-state index in [1.54, 1.807) is 0 Å². The van der Waals surface area contributed by atoms with Crippen LogP contribution < -0.4 is 5.73 Å². The Morgan fingerprint density at radius 2 is 2.15 bits per heavy atom. The maximum absolute atomic E-state index is 10.9. The van der Waals surface area contributed by atoms with Gasteiger partial charge in [-0.3, -0.25) is 10.5 Å². The van der Waals surface area contributed by atoms with Crippen molar-refractivity contribution in [1.82, 2.24) is 0 Å². The summed E-state index contributed by atoms with van der Waals surface area (Å²) >= 11 is 0. The Morgan fingerprint density at radius 1 is 1.54 bits per heavy atom. The predicted molar refractivity (Wildman–Crippen MR) is 50.9 cm³/mol. The van der Waals surface area contributed by atoms with Crippen molar-refractivity contribution in [2.75, 3.05) is 0 Å². The Kier molecular flexibility index (Phi) is 2.96. The summed E-state index contributed by atoms with van der Waals surface area (Å²) in [6.45, 7) is 5.64. The topological polar surface area (TPSA) is 52.3 Å². The fraction of sp³-hybridized carbons (Fsp3) is 0.900. The number of ether oxygens (including phenoxy) is 1. The van der Waals surface area contributed by atoms with E-state index in [1.807, 2.05) is 0 Å². The van der Waals surface area contributed by atoms with Gasteiger partial charge in [-0.1, -0.05) is 20.3 Å². The number of carbonyl (C=O) groups excluding carboxylic acids is 1. The van der Waals surface area contributed by atoms with Crippen molar-refractivity contribution < 1.29 is 9.53 Å². The summed E-state index contributed by atoms with van der Waals surface area (Å²) in [4.78, 5) is 10.9. The molecule has 1 saturated carbocycles. The average molecular weight is 185 g/mol. The van der Waals surface area contributed by atoms with Crippen molar-refractivity contribution in [2.45, 2.75) is 45.8 Å². The molecule has 1 aliphatic rings. The molecule has 1 aliphatic carbocycles. The molecule has 0 aromatic carbocycles. The van der Waals surface area contributed by atoms with Gasteiger partial charge in [0.05, 0.1) is 0 Å². The summed E-state index contributed by atoms with van der Waals surface area (Å²) in [5.41, 5.74) is 5.33. The van der Waals surface area contributed by atoms with E-state index in [4.69, 9.17) is 10.5 Å². The number of nitrogens with two attached hydrogens (primary N) is 1. The Bertz CT molecular complexity index is 205. The molecule has 3 nitrogen and oxygen atoms in total. The van der Waals surface area contributed by atoms with Gasteiger partial charge in [0.15, 0.2) is 5.72 Å². The van der Waals surface area contributed by atoms with Crippen molar-refractivity contribution in [3.63, 3.8) is 0 Å². The zero-order valence-electron chi connectivity index (χ0n) is 8.67. The second-order valence-corrected chi connectivity index (χ2v) is 4.21. The maximum atomic E-state index is 10.9. The van der Waals surface area contributed by atoms with Gasteiger partial charge in [0.25, 0.3) is 0 Å².